The van der Waals surface area contributed by atoms with Crippen LogP contribution in [-0.4, -0.2) is 37.0 Å². The number of hydrogen-bond acceptors (Lipinski definition) is 2. The van der Waals surface area contributed by atoms with Crippen LogP contribution in [-0.2, 0) is 11.2 Å². The summed E-state index contributed by atoms with van der Waals surface area (Å²) in [5.41, 5.74) is 2.53. The minimum atomic E-state index is 0.330. The van der Waals surface area contributed by atoms with Gasteiger partial charge in [0.05, 0.1) is 0 Å². The molecule has 1 amide bonds. The number of benzene rings is 1. The molecule has 0 aromatic heterocycles. The highest BCUT2D eigenvalue weighted by Crippen LogP contribution is 2.21. The summed E-state index contributed by atoms with van der Waals surface area (Å²) in [5, 5.41) is 3.20. The van der Waals surface area contributed by atoms with E-state index < -0.39 is 0 Å². The van der Waals surface area contributed by atoms with Crippen LogP contribution < -0.4 is 5.32 Å². The summed E-state index contributed by atoms with van der Waals surface area (Å²) >= 11 is 0. The third-order valence-electron chi connectivity index (χ3n) is 4.42. The first kappa shape index (κ1) is 16.0. The van der Waals surface area contributed by atoms with Gasteiger partial charge in [-0.3, -0.25) is 4.79 Å². The second-order valence-electron chi connectivity index (χ2n) is 6.11. The molecule has 1 aliphatic heterocycles. The van der Waals surface area contributed by atoms with E-state index in [-0.39, 0.29) is 0 Å². The maximum atomic E-state index is 12.5. The SMILES string of the molecule is CNCCC1CCCCN1C(=O)CCc1ccc(C)cc1. The zero-order valence-electron chi connectivity index (χ0n) is 13.4. The van der Waals surface area contributed by atoms with E-state index in [1.807, 2.05) is 7.05 Å². The maximum Gasteiger partial charge on any atom is 0.223 e. The van der Waals surface area contributed by atoms with Crippen LogP contribution in [0.5, 0.6) is 0 Å². The van der Waals surface area contributed by atoms with Crippen molar-refractivity contribution in [3.8, 4) is 0 Å². The molecule has 0 spiro atoms. The lowest BCUT2D eigenvalue weighted by molar-refractivity contribution is -0.134. The van der Waals surface area contributed by atoms with E-state index in [9.17, 15) is 4.79 Å². The van der Waals surface area contributed by atoms with Gasteiger partial charge in [0.15, 0.2) is 0 Å². The van der Waals surface area contributed by atoms with Gasteiger partial charge in [-0.05, 0) is 58.2 Å². The predicted octanol–water partition coefficient (Wildman–Crippen LogP) is 2.92. The van der Waals surface area contributed by atoms with Crippen molar-refractivity contribution in [2.75, 3.05) is 20.1 Å². The van der Waals surface area contributed by atoms with Crippen LogP contribution >= 0.6 is 0 Å². The van der Waals surface area contributed by atoms with Gasteiger partial charge in [0.1, 0.15) is 0 Å². The highest BCUT2D eigenvalue weighted by Gasteiger charge is 2.25. The molecule has 1 N–H and O–H groups in total. The van der Waals surface area contributed by atoms with E-state index in [0.717, 1.165) is 38.8 Å². The third kappa shape index (κ3) is 4.85. The summed E-state index contributed by atoms with van der Waals surface area (Å²) < 4.78 is 0. The van der Waals surface area contributed by atoms with E-state index in [0.29, 0.717) is 18.4 Å². The molecule has 1 saturated heterocycles. The van der Waals surface area contributed by atoms with Gasteiger partial charge in [0.25, 0.3) is 0 Å². The number of piperidine rings is 1. The first-order chi connectivity index (χ1) is 10.2. The highest BCUT2D eigenvalue weighted by molar-refractivity contribution is 5.77. The van der Waals surface area contributed by atoms with Gasteiger partial charge >= 0.3 is 0 Å². The van der Waals surface area contributed by atoms with Gasteiger partial charge < -0.3 is 10.2 Å². The van der Waals surface area contributed by atoms with Crippen molar-refractivity contribution in [2.45, 2.75) is 51.5 Å². The number of nitrogens with one attached hydrogen (secondary N) is 1. The Kier molecular flexibility index (Phi) is 6.24. The van der Waals surface area contributed by atoms with E-state index in [2.05, 4.69) is 41.4 Å². The number of hydrogen-bond donors (Lipinski definition) is 1. The fraction of sp³-hybridized carbons (Fsp3) is 0.611. The molecular weight excluding hydrogens is 260 g/mol. The van der Waals surface area contributed by atoms with Gasteiger partial charge in [-0.15, -0.1) is 0 Å². The Morgan fingerprint density at radius 1 is 1.29 bits per heavy atom. The van der Waals surface area contributed by atoms with Crippen molar-refractivity contribution < 1.29 is 4.79 Å². The lowest BCUT2D eigenvalue weighted by Crippen LogP contribution is -2.44. The molecule has 1 heterocycles. The summed E-state index contributed by atoms with van der Waals surface area (Å²) in [6, 6.07) is 8.96. The minimum absolute atomic E-state index is 0.330. The zero-order valence-corrected chi connectivity index (χ0v) is 13.4. The lowest BCUT2D eigenvalue weighted by Gasteiger charge is -2.36. The van der Waals surface area contributed by atoms with Crippen LogP contribution in [0.25, 0.3) is 0 Å². The van der Waals surface area contributed by atoms with Crippen LogP contribution in [0.4, 0.5) is 0 Å². The Labute approximate surface area is 128 Å². The first-order valence-corrected chi connectivity index (χ1v) is 8.20. The van der Waals surface area contributed by atoms with Crippen molar-refractivity contribution in [1.29, 1.82) is 0 Å². The first-order valence-electron chi connectivity index (χ1n) is 8.20. The van der Waals surface area contributed by atoms with Gasteiger partial charge in [-0.2, -0.15) is 0 Å². The Bertz CT molecular complexity index is 441. The van der Waals surface area contributed by atoms with Gasteiger partial charge in [-0.25, -0.2) is 0 Å². The second-order valence-corrected chi connectivity index (χ2v) is 6.11. The largest absolute Gasteiger partial charge is 0.340 e. The smallest absolute Gasteiger partial charge is 0.223 e. The molecule has 1 aromatic rings. The van der Waals surface area contributed by atoms with E-state index >= 15 is 0 Å². The summed E-state index contributed by atoms with van der Waals surface area (Å²) in [6.45, 7) is 4.03. The molecule has 116 valence electrons. The van der Waals surface area contributed by atoms with Crippen molar-refractivity contribution in [3.63, 3.8) is 0 Å². The Balaban J connectivity index is 1.86. The van der Waals surface area contributed by atoms with Crippen molar-refractivity contribution in [2.24, 2.45) is 0 Å². The summed E-state index contributed by atoms with van der Waals surface area (Å²) in [4.78, 5) is 14.7. The molecule has 2 rings (SSSR count). The maximum absolute atomic E-state index is 12.5. The van der Waals surface area contributed by atoms with E-state index in [4.69, 9.17) is 0 Å². The molecule has 0 bridgehead atoms. The number of likely N-dealkylation sites (tertiary alicyclic amines) is 1. The molecule has 1 atom stereocenters. The molecule has 0 radical (unpaired) electrons. The van der Waals surface area contributed by atoms with Crippen LogP contribution in [0.1, 0.15) is 43.2 Å². The average molecular weight is 288 g/mol. The van der Waals surface area contributed by atoms with Crippen molar-refractivity contribution in [1.82, 2.24) is 10.2 Å². The highest BCUT2D eigenvalue weighted by atomic mass is 16.2. The van der Waals surface area contributed by atoms with Gasteiger partial charge in [0, 0.05) is 19.0 Å². The number of rotatable bonds is 6. The topological polar surface area (TPSA) is 32.3 Å². The van der Waals surface area contributed by atoms with Crippen LogP contribution in [0.2, 0.25) is 0 Å². The van der Waals surface area contributed by atoms with Gasteiger partial charge in [-0.1, -0.05) is 29.8 Å². The van der Waals surface area contributed by atoms with Crippen molar-refractivity contribution in [3.05, 3.63) is 35.4 Å². The molecule has 1 fully saturated rings. The standard InChI is InChI=1S/C18H28N2O/c1-15-6-8-16(9-7-15)10-11-18(21)20-14-4-3-5-17(20)12-13-19-2/h6-9,17,19H,3-5,10-14H2,1-2H3. The Morgan fingerprint density at radius 3 is 2.76 bits per heavy atom. The van der Waals surface area contributed by atoms with Crippen LogP contribution in [0.3, 0.4) is 0 Å². The molecule has 1 aromatic carbocycles. The zero-order chi connectivity index (χ0) is 15.1. The average Bonchev–Trinajstić information content (AvgIpc) is 2.52. The van der Waals surface area contributed by atoms with E-state index in [1.165, 1.54) is 17.5 Å². The third-order valence-corrected chi connectivity index (χ3v) is 4.42. The quantitative estimate of drug-likeness (QED) is 0.873. The number of carbonyl (C=O) groups is 1. The van der Waals surface area contributed by atoms with Gasteiger partial charge in [0.2, 0.25) is 5.91 Å². The normalized spacial score (nSPS) is 18.8. The second kappa shape index (κ2) is 8.18. The monoisotopic (exact) mass is 288 g/mol. The molecular formula is C18H28N2O. The molecule has 0 saturated carbocycles. The summed E-state index contributed by atoms with van der Waals surface area (Å²) in [6.07, 6.45) is 6.15. The Hall–Kier alpha value is -1.35. The number of carbonyl (C=O) groups excluding carboxylic acids is 1. The van der Waals surface area contributed by atoms with Crippen molar-refractivity contribution >= 4 is 5.91 Å². The number of aryl methyl sites for hydroxylation is 2. The van der Waals surface area contributed by atoms with Crippen LogP contribution in [0.15, 0.2) is 24.3 Å². The Morgan fingerprint density at radius 2 is 2.05 bits per heavy atom. The molecule has 21 heavy (non-hydrogen) atoms. The molecule has 3 nitrogen and oxygen atoms in total. The summed E-state index contributed by atoms with van der Waals surface area (Å²) in [5.74, 6) is 0.330. The number of amides is 1. The molecule has 3 heteroatoms. The van der Waals surface area contributed by atoms with E-state index in [1.54, 1.807) is 0 Å². The number of nitrogens with zero attached hydrogens (tertiary/aromatic N) is 1. The lowest BCUT2D eigenvalue weighted by atomic mass is 9.98. The fourth-order valence-corrected chi connectivity index (χ4v) is 3.09. The van der Waals surface area contributed by atoms with Crippen LogP contribution in [0, 0.1) is 6.92 Å². The fourth-order valence-electron chi connectivity index (χ4n) is 3.09. The molecule has 1 aliphatic rings. The predicted molar refractivity (Wildman–Crippen MR) is 87.4 cm³/mol. The minimum Gasteiger partial charge on any atom is -0.340 e. The molecule has 1 unspecified atom stereocenters. The summed E-state index contributed by atoms with van der Waals surface area (Å²) in [7, 11) is 1.98. The molecule has 0 aliphatic carbocycles.